The lowest BCUT2D eigenvalue weighted by Crippen LogP contribution is -2.29. The maximum Gasteiger partial charge on any atom is 0.328 e. The first kappa shape index (κ1) is 16.2. The summed E-state index contributed by atoms with van der Waals surface area (Å²) in [5.74, 6) is 1.22. The molecule has 0 aromatic carbocycles. The van der Waals surface area contributed by atoms with Crippen molar-refractivity contribution < 1.29 is 9.53 Å². The highest BCUT2D eigenvalue weighted by Crippen LogP contribution is 2.21. The average Bonchev–Trinajstić information content (AvgIpc) is 2.45. The molecule has 112 valence electrons. The SMILES string of the molecule is CCCNc1ncnc(NC(C)C(=O)OCC)c1CC. The van der Waals surface area contributed by atoms with E-state index in [2.05, 4.69) is 27.5 Å². The maximum absolute atomic E-state index is 11.7. The van der Waals surface area contributed by atoms with Crippen molar-refractivity contribution in [3.63, 3.8) is 0 Å². The van der Waals surface area contributed by atoms with Crippen molar-refractivity contribution >= 4 is 17.6 Å². The first-order valence-corrected chi connectivity index (χ1v) is 7.14. The fourth-order valence-corrected chi connectivity index (χ4v) is 1.80. The lowest BCUT2D eigenvalue weighted by molar-refractivity contribution is -0.143. The van der Waals surface area contributed by atoms with Crippen LogP contribution in [0, 0.1) is 0 Å². The fraction of sp³-hybridized carbons (Fsp3) is 0.643. The van der Waals surface area contributed by atoms with E-state index < -0.39 is 6.04 Å². The smallest absolute Gasteiger partial charge is 0.328 e. The zero-order valence-electron chi connectivity index (χ0n) is 12.7. The number of esters is 1. The molecule has 0 radical (unpaired) electrons. The number of nitrogens with one attached hydrogen (secondary N) is 2. The van der Waals surface area contributed by atoms with E-state index in [1.807, 2.05) is 6.92 Å². The van der Waals surface area contributed by atoms with Gasteiger partial charge in [0.25, 0.3) is 0 Å². The van der Waals surface area contributed by atoms with E-state index in [9.17, 15) is 4.79 Å². The molecule has 6 heteroatoms. The lowest BCUT2D eigenvalue weighted by Gasteiger charge is -2.17. The van der Waals surface area contributed by atoms with Gasteiger partial charge in [0.2, 0.25) is 0 Å². The standard InChI is InChI=1S/C14H24N4O2/c1-5-8-15-12-11(6-2)13(17-9-16-12)18-10(4)14(19)20-7-3/h9-10H,5-8H2,1-4H3,(H2,15,16,17,18). The van der Waals surface area contributed by atoms with Crippen molar-refractivity contribution in [1.29, 1.82) is 0 Å². The molecule has 0 saturated heterocycles. The summed E-state index contributed by atoms with van der Waals surface area (Å²) in [6, 6.07) is -0.436. The van der Waals surface area contributed by atoms with Crippen LogP contribution in [-0.2, 0) is 16.0 Å². The summed E-state index contributed by atoms with van der Waals surface area (Å²) in [5, 5.41) is 6.37. The molecule has 20 heavy (non-hydrogen) atoms. The molecular weight excluding hydrogens is 256 g/mol. The molecule has 0 saturated carbocycles. The molecule has 1 unspecified atom stereocenters. The Labute approximate surface area is 120 Å². The van der Waals surface area contributed by atoms with Gasteiger partial charge in [0.05, 0.1) is 6.61 Å². The molecule has 1 heterocycles. The topological polar surface area (TPSA) is 76.1 Å². The van der Waals surface area contributed by atoms with Crippen molar-refractivity contribution in [3.8, 4) is 0 Å². The van der Waals surface area contributed by atoms with E-state index in [-0.39, 0.29) is 5.97 Å². The van der Waals surface area contributed by atoms with Crippen LogP contribution in [-0.4, -0.2) is 35.1 Å². The minimum Gasteiger partial charge on any atom is -0.464 e. The van der Waals surface area contributed by atoms with Crippen LogP contribution in [0.4, 0.5) is 11.6 Å². The van der Waals surface area contributed by atoms with Crippen LogP contribution in [0.1, 0.15) is 39.7 Å². The van der Waals surface area contributed by atoms with E-state index in [0.717, 1.165) is 30.8 Å². The molecule has 0 spiro atoms. The largest absolute Gasteiger partial charge is 0.464 e. The summed E-state index contributed by atoms with van der Waals surface area (Å²) in [6.07, 6.45) is 3.30. The summed E-state index contributed by atoms with van der Waals surface area (Å²) >= 11 is 0. The third kappa shape index (κ3) is 4.36. The van der Waals surface area contributed by atoms with Gasteiger partial charge in [-0.05, 0) is 26.7 Å². The molecule has 1 aromatic heterocycles. The van der Waals surface area contributed by atoms with Gasteiger partial charge >= 0.3 is 5.97 Å². The minimum atomic E-state index is -0.436. The Bertz CT molecular complexity index is 437. The highest BCUT2D eigenvalue weighted by molar-refractivity contribution is 5.79. The summed E-state index contributed by atoms with van der Waals surface area (Å²) in [4.78, 5) is 20.1. The highest BCUT2D eigenvalue weighted by atomic mass is 16.5. The van der Waals surface area contributed by atoms with E-state index in [4.69, 9.17) is 4.74 Å². The Hall–Kier alpha value is -1.85. The minimum absolute atomic E-state index is 0.281. The van der Waals surface area contributed by atoms with Crippen LogP contribution in [0.2, 0.25) is 0 Å². The van der Waals surface area contributed by atoms with Crippen LogP contribution in [0.3, 0.4) is 0 Å². The van der Waals surface area contributed by atoms with Crippen molar-refractivity contribution in [3.05, 3.63) is 11.9 Å². The van der Waals surface area contributed by atoms with Crippen LogP contribution in [0.25, 0.3) is 0 Å². The van der Waals surface area contributed by atoms with E-state index in [1.54, 1.807) is 13.8 Å². The van der Waals surface area contributed by atoms with Crippen LogP contribution >= 0.6 is 0 Å². The molecule has 1 rings (SSSR count). The molecule has 1 atom stereocenters. The molecular formula is C14H24N4O2. The maximum atomic E-state index is 11.7. The number of rotatable bonds is 8. The number of nitrogens with zero attached hydrogens (tertiary/aromatic N) is 2. The molecule has 1 aromatic rings. The second-order valence-electron chi connectivity index (χ2n) is 4.45. The van der Waals surface area contributed by atoms with E-state index in [1.165, 1.54) is 6.33 Å². The third-order valence-corrected chi connectivity index (χ3v) is 2.83. The summed E-state index contributed by atoms with van der Waals surface area (Å²) in [7, 11) is 0. The van der Waals surface area contributed by atoms with Crippen LogP contribution < -0.4 is 10.6 Å². The Morgan fingerprint density at radius 3 is 2.60 bits per heavy atom. The quantitative estimate of drug-likeness (QED) is 0.711. The summed E-state index contributed by atoms with van der Waals surface area (Å²) in [6.45, 7) is 8.92. The molecule has 0 aliphatic heterocycles. The zero-order chi connectivity index (χ0) is 15.0. The van der Waals surface area contributed by atoms with E-state index in [0.29, 0.717) is 12.4 Å². The Kier molecular flexibility index (Phi) is 6.76. The number of hydrogen-bond acceptors (Lipinski definition) is 6. The van der Waals surface area contributed by atoms with Gasteiger partial charge in [-0.15, -0.1) is 0 Å². The zero-order valence-corrected chi connectivity index (χ0v) is 12.7. The van der Waals surface area contributed by atoms with Gasteiger partial charge < -0.3 is 15.4 Å². The van der Waals surface area contributed by atoms with Gasteiger partial charge in [-0.3, -0.25) is 0 Å². The second kappa shape index (κ2) is 8.35. The Morgan fingerprint density at radius 1 is 1.30 bits per heavy atom. The Balaban J connectivity index is 2.86. The predicted octanol–water partition coefficient (Wildman–Crippen LogP) is 2.22. The lowest BCUT2D eigenvalue weighted by atomic mass is 10.2. The summed E-state index contributed by atoms with van der Waals surface area (Å²) < 4.78 is 4.98. The van der Waals surface area contributed by atoms with Gasteiger partial charge in [0.1, 0.15) is 24.0 Å². The highest BCUT2D eigenvalue weighted by Gasteiger charge is 2.17. The number of carbonyl (C=O) groups is 1. The van der Waals surface area contributed by atoms with Gasteiger partial charge in [-0.25, -0.2) is 14.8 Å². The van der Waals surface area contributed by atoms with Crippen molar-refractivity contribution in [1.82, 2.24) is 9.97 Å². The number of ether oxygens (including phenoxy) is 1. The summed E-state index contributed by atoms with van der Waals surface area (Å²) in [5.41, 5.74) is 0.983. The molecule has 0 fully saturated rings. The number of hydrogen-bond donors (Lipinski definition) is 2. The molecule has 0 aliphatic rings. The first-order valence-electron chi connectivity index (χ1n) is 7.14. The van der Waals surface area contributed by atoms with Crippen molar-refractivity contribution in [2.24, 2.45) is 0 Å². The predicted molar refractivity (Wildman–Crippen MR) is 79.9 cm³/mol. The average molecular weight is 280 g/mol. The number of carbonyl (C=O) groups excluding carboxylic acids is 1. The Morgan fingerprint density at radius 2 is 2.00 bits per heavy atom. The van der Waals surface area contributed by atoms with Crippen LogP contribution in [0.15, 0.2) is 6.33 Å². The van der Waals surface area contributed by atoms with Crippen molar-refractivity contribution in [2.75, 3.05) is 23.8 Å². The van der Waals surface area contributed by atoms with E-state index >= 15 is 0 Å². The molecule has 0 amide bonds. The molecule has 0 aliphatic carbocycles. The van der Waals surface area contributed by atoms with Crippen LogP contribution in [0.5, 0.6) is 0 Å². The van der Waals surface area contributed by atoms with Gasteiger partial charge in [-0.1, -0.05) is 13.8 Å². The fourth-order valence-electron chi connectivity index (χ4n) is 1.80. The normalized spacial score (nSPS) is 11.8. The molecule has 2 N–H and O–H groups in total. The third-order valence-electron chi connectivity index (χ3n) is 2.83. The number of anilines is 2. The monoisotopic (exact) mass is 280 g/mol. The molecule has 0 bridgehead atoms. The first-order chi connectivity index (χ1) is 9.63. The number of aromatic nitrogens is 2. The van der Waals surface area contributed by atoms with Crippen molar-refractivity contribution in [2.45, 2.75) is 46.6 Å². The molecule has 6 nitrogen and oxygen atoms in total. The second-order valence-corrected chi connectivity index (χ2v) is 4.45. The van der Waals surface area contributed by atoms with Gasteiger partial charge in [-0.2, -0.15) is 0 Å². The van der Waals surface area contributed by atoms with Gasteiger partial charge in [0, 0.05) is 12.1 Å². The van der Waals surface area contributed by atoms with Gasteiger partial charge in [0.15, 0.2) is 0 Å².